The molecule has 0 bridgehead atoms. The molecule has 2 rings (SSSR count). The lowest BCUT2D eigenvalue weighted by Gasteiger charge is -2.10. The molecular formula is C18H22N2O4. The zero-order valence-corrected chi connectivity index (χ0v) is 13.9. The van der Waals surface area contributed by atoms with Crippen molar-refractivity contribution in [2.75, 3.05) is 32.2 Å². The molecule has 0 saturated carbocycles. The predicted octanol–water partition coefficient (Wildman–Crippen LogP) is 3.29. The molecule has 2 aromatic carbocycles. The third-order valence-electron chi connectivity index (χ3n) is 3.14. The number of rotatable bonds is 8. The molecule has 0 saturated heterocycles. The second-order valence-electron chi connectivity index (χ2n) is 4.86. The molecular weight excluding hydrogens is 308 g/mol. The first-order valence-electron chi connectivity index (χ1n) is 7.76. The van der Waals surface area contributed by atoms with Crippen LogP contribution in [0.4, 0.5) is 10.5 Å². The molecule has 0 heterocycles. The van der Waals surface area contributed by atoms with E-state index in [1.165, 1.54) is 0 Å². The van der Waals surface area contributed by atoms with Crippen LogP contribution in [0.3, 0.4) is 0 Å². The van der Waals surface area contributed by atoms with Gasteiger partial charge >= 0.3 is 6.03 Å². The third-order valence-corrected chi connectivity index (χ3v) is 3.14. The van der Waals surface area contributed by atoms with Gasteiger partial charge in [0, 0.05) is 5.69 Å². The standard InChI is InChI=1S/C18H22N2O4/c1-3-23-16-8-10-17(11-9-16)24-13-12-19-18(21)20-14-4-6-15(22-2)7-5-14/h4-11H,3,12-13H2,1-2H3,(H2,19,20,21). The zero-order valence-electron chi connectivity index (χ0n) is 13.9. The zero-order chi connectivity index (χ0) is 17.2. The number of anilines is 1. The van der Waals surface area contributed by atoms with Gasteiger partial charge in [-0.3, -0.25) is 0 Å². The number of hydrogen-bond acceptors (Lipinski definition) is 4. The van der Waals surface area contributed by atoms with Gasteiger partial charge in [-0.15, -0.1) is 0 Å². The Labute approximate surface area is 141 Å². The summed E-state index contributed by atoms with van der Waals surface area (Å²) in [5.41, 5.74) is 0.695. The molecule has 6 heteroatoms. The summed E-state index contributed by atoms with van der Waals surface area (Å²) < 4.78 is 16.0. The number of carbonyl (C=O) groups is 1. The normalized spacial score (nSPS) is 9.92. The van der Waals surface area contributed by atoms with Crippen LogP contribution in [-0.2, 0) is 0 Å². The molecule has 6 nitrogen and oxygen atoms in total. The first kappa shape index (κ1) is 17.5. The first-order valence-corrected chi connectivity index (χ1v) is 7.76. The van der Waals surface area contributed by atoms with Crippen molar-refractivity contribution in [1.82, 2.24) is 5.32 Å². The molecule has 0 fully saturated rings. The molecule has 2 amide bonds. The Kier molecular flexibility index (Phi) is 6.76. The van der Waals surface area contributed by atoms with Crippen LogP contribution in [0.5, 0.6) is 17.2 Å². The van der Waals surface area contributed by atoms with Crippen LogP contribution < -0.4 is 24.8 Å². The topological polar surface area (TPSA) is 68.8 Å². The van der Waals surface area contributed by atoms with Gasteiger partial charge in [-0.2, -0.15) is 0 Å². The minimum Gasteiger partial charge on any atom is -0.497 e. The van der Waals surface area contributed by atoms with Crippen molar-refractivity contribution in [3.8, 4) is 17.2 Å². The highest BCUT2D eigenvalue weighted by Gasteiger charge is 2.02. The van der Waals surface area contributed by atoms with Gasteiger partial charge in [-0.1, -0.05) is 0 Å². The fourth-order valence-electron chi connectivity index (χ4n) is 1.98. The molecule has 0 aromatic heterocycles. The predicted molar refractivity (Wildman–Crippen MR) is 93.1 cm³/mol. The van der Waals surface area contributed by atoms with Crippen molar-refractivity contribution in [2.45, 2.75) is 6.92 Å². The second kappa shape index (κ2) is 9.29. The Hall–Kier alpha value is -2.89. The van der Waals surface area contributed by atoms with Gasteiger partial charge in [-0.25, -0.2) is 4.79 Å². The molecule has 0 spiro atoms. The van der Waals surface area contributed by atoms with Gasteiger partial charge in [0.05, 0.1) is 20.3 Å². The summed E-state index contributed by atoms with van der Waals surface area (Å²) in [7, 11) is 1.60. The maximum absolute atomic E-state index is 11.8. The Morgan fingerprint density at radius 2 is 1.50 bits per heavy atom. The number of methoxy groups -OCH3 is 1. The monoisotopic (exact) mass is 330 g/mol. The van der Waals surface area contributed by atoms with Gasteiger partial charge in [-0.05, 0) is 55.5 Å². The van der Waals surface area contributed by atoms with Gasteiger partial charge < -0.3 is 24.8 Å². The number of nitrogens with one attached hydrogen (secondary N) is 2. The fourth-order valence-corrected chi connectivity index (χ4v) is 1.98. The van der Waals surface area contributed by atoms with Gasteiger partial charge in [0.1, 0.15) is 23.9 Å². The summed E-state index contributed by atoms with van der Waals surface area (Å²) in [6.45, 7) is 3.35. The molecule has 0 aliphatic rings. The lowest BCUT2D eigenvalue weighted by atomic mass is 10.3. The van der Waals surface area contributed by atoms with E-state index in [-0.39, 0.29) is 6.03 Å². The summed E-state index contributed by atoms with van der Waals surface area (Å²) in [5.74, 6) is 2.28. The summed E-state index contributed by atoms with van der Waals surface area (Å²) in [6, 6.07) is 14.2. The summed E-state index contributed by atoms with van der Waals surface area (Å²) in [6.07, 6.45) is 0. The van der Waals surface area contributed by atoms with E-state index in [1.54, 1.807) is 31.4 Å². The Balaban J connectivity index is 1.66. The van der Waals surface area contributed by atoms with Gasteiger partial charge in [0.2, 0.25) is 0 Å². The number of urea groups is 1. The lowest BCUT2D eigenvalue weighted by Crippen LogP contribution is -2.32. The molecule has 24 heavy (non-hydrogen) atoms. The average molecular weight is 330 g/mol. The highest BCUT2D eigenvalue weighted by Crippen LogP contribution is 2.17. The number of amides is 2. The summed E-state index contributed by atoms with van der Waals surface area (Å²) in [5, 5.41) is 5.47. The average Bonchev–Trinajstić information content (AvgIpc) is 2.61. The fraction of sp³-hybridized carbons (Fsp3) is 0.278. The SMILES string of the molecule is CCOc1ccc(OCCNC(=O)Nc2ccc(OC)cc2)cc1. The van der Waals surface area contributed by atoms with Crippen LogP contribution in [0.25, 0.3) is 0 Å². The van der Waals surface area contributed by atoms with Crippen molar-refractivity contribution in [2.24, 2.45) is 0 Å². The molecule has 2 N–H and O–H groups in total. The first-order chi connectivity index (χ1) is 11.7. The largest absolute Gasteiger partial charge is 0.497 e. The van der Waals surface area contributed by atoms with Crippen molar-refractivity contribution in [3.63, 3.8) is 0 Å². The van der Waals surface area contributed by atoms with E-state index in [2.05, 4.69) is 10.6 Å². The maximum Gasteiger partial charge on any atom is 0.319 e. The van der Waals surface area contributed by atoms with Crippen LogP contribution in [0.1, 0.15) is 6.92 Å². The van der Waals surface area contributed by atoms with E-state index in [1.807, 2.05) is 31.2 Å². The Morgan fingerprint density at radius 1 is 0.917 bits per heavy atom. The maximum atomic E-state index is 11.8. The minimum atomic E-state index is -0.282. The summed E-state index contributed by atoms with van der Waals surface area (Å²) in [4.78, 5) is 11.8. The highest BCUT2D eigenvalue weighted by molar-refractivity contribution is 5.89. The minimum absolute atomic E-state index is 0.282. The highest BCUT2D eigenvalue weighted by atomic mass is 16.5. The smallest absolute Gasteiger partial charge is 0.319 e. The number of benzene rings is 2. The van der Waals surface area contributed by atoms with E-state index < -0.39 is 0 Å². The molecule has 2 aromatic rings. The van der Waals surface area contributed by atoms with E-state index in [4.69, 9.17) is 14.2 Å². The van der Waals surface area contributed by atoms with E-state index in [0.717, 1.165) is 17.2 Å². The molecule has 0 atom stereocenters. The van der Waals surface area contributed by atoms with Crippen LogP contribution in [-0.4, -0.2) is 32.9 Å². The Bertz CT molecular complexity index is 626. The van der Waals surface area contributed by atoms with Crippen LogP contribution >= 0.6 is 0 Å². The Morgan fingerprint density at radius 3 is 2.08 bits per heavy atom. The molecule has 0 radical (unpaired) electrons. The van der Waals surface area contributed by atoms with E-state index >= 15 is 0 Å². The van der Waals surface area contributed by atoms with Crippen molar-refractivity contribution in [1.29, 1.82) is 0 Å². The van der Waals surface area contributed by atoms with Crippen molar-refractivity contribution < 1.29 is 19.0 Å². The summed E-state index contributed by atoms with van der Waals surface area (Å²) >= 11 is 0. The van der Waals surface area contributed by atoms with Crippen LogP contribution in [0.15, 0.2) is 48.5 Å². The second-order valence-corrected chi connectivity index (χ2v) is 4.86. The quantitative estimate of drug-likeness (QED) is 0.729. The number of hydrogen-bond donors (Lipinski definition) is 2. The van der Waals surface area contributed by atoms with Gasteiger partial charge in [0.25, 0.3) is 0 Å². The molecule has 0 aliphatic heterocycles. The lowest BCUT2D eigenvalue weighted by molar-refractivity contribution is 0.247. The molecule has 0 aliphatic carbocycles. The number of carbonyl (C=O) groups excluding carboxylic acids is 1. The van der Waals surface area contributed by atoms with Crippen molar-refractivity contribution in [3.05, 3.63) is 48.5 Å². The van der Waals surface area contributed by atoms with Crippen molar-refractivity contribution >= 4 is 11.7 Å². The van der Waals surface area contributed by atoms with Crippen LogP contribution in [0.2, 0.25) is 0 Å². The molecule has 128 valence electrons. The van der Waals surface area contributed by atoms with E-state index in [0.29, 0.717) is 25.4 Å². The number of ether oxygens (including phenoxy) is 3. The van der Waals surface area contributed by atoms with Crippen LogP contribution in [0, 0.1) is 0 Å². The van der Waals surface area contributed by atoms with Gasteiger partial charge in [0.15, 0.2) is 0 Å². The molecule has 0 unspecified atom stereocenters. The third kappa shape index (κ3) is 5.72. The van der Waals surface area contributed by atoms with E-state index in [9.17, 15) is 4.79 Å².